The standard InChI is InChI=1S/C21H14N10O6S2/c22-18-19(28-37-27-18)30-13(8-38-21-24-11-3-1-2-4-16(11)39-21)17(25-29-30)20(32)26-23-7-10-5-14-15(36-9-35-14)6-12(10)31(33)34/h1-7H,8-9H2,(H2,22,27)(H,26,32)/b23-7+. The van der Waals surface area contributed by atoms with Crippen LogP contribution in [-0.4, -0.2) is 54.1 Å². The van der Waals surface area contributed by atoms with Crippen LogP contribution in [0.2, 0.25) is 0 Å². The molecule has 196 valence electrons. The summed E-state index contributed by atoms with van der Waals surface area (Å²) in [6, 6.07) is 10.3. The van der Waals surface area contributed by atoms with E-state index in [2.05, 4.69) is 40.8 Å². The summed E-state index contributed by atoms with van der Waals surface area (Å²) in [7, 11) is 0. The zero-order valence-electron chi connectivity index (χ0n) is 19.4. The normalized spacial score (nSPS) is 12.4. The average Bonchev–Trinajstić information content (AvgIpc) is 3.72. The number of nitrogen functional groups attached to an aromatic ring is 1. The molecule has 1 amide bonds. The first-order chi connectivity index (χ1) is 19.0. The third-order valence-electron chi connectivity index (χ3n) is 5.37. The molecule has 18 heteroatoms. The van der Waals surface area contributed by atoms with Gasteiger partial charge in [-0.25, -0.2) is 15.0 Å². The van der Waals surface area contributed by atoms with Gasteiger partial charge in [0, 0.05) is 5.75 Å². The van der Waals surface area contributed by atoms with Crippen LogP contribution in [0, 0.1) is 10.1 Å². The van der Waals surface area contributed by atoms with Gasteiger partial charge in [-0.15, -0.1) is 16.4 Å². The third kappa shape index (κ3) is 4.68. The number of nitrogens with zero attached hydrogens (tertiary/aromatic N) is 8. The van der Waals surface area contributed by atoms with Crippen LogP contribution in [0.1, 0.15) is 21.7 Å². The molecular weight excluding hydrogens is 552 g/mol. The number of aromatic nitrogens is 6. The minimum Gasteiger partial charge on any atom is -0.454 e. The highest BCUT2D eigenvalue weighted by atomic mass is 32.2. The number of nitrogens with two attached hydrogens (primary N) is 1. The van der Waals surface area contributed by atoms with E-state index >= 15 is 0 Å². The SMILES string of the molecule is Nc1nonc1-n1nnc(C(=O)N/N=C/c2cc3c(cc2[N+](=O)[O-])OCO3)c1CSc1nc2ccccc2s1. The summed E-state index contributed by atoms with van der Waals surface area (Å²) in [4.78, 5) is 28.5. The van der Waals surface area contributed by atoms with Gasteiger partial charge >= 0.3 is 0 Å². The molecule has 0 atom stereocenters. The number of carbonyl (C=O) groups excluding carboxylic acids is 1. The molecule has 0 aliphatic carbocycles. The van der Waals surface area contributed by atoms with E-state index in [1.165, 1.54) is 39.9 Å². The van der Waals surface area contributed by atoms with Crippen molar-refractivity contribution in [2.45, 2.75) is 10.1 Å². The van der Waals surface area contributed by atoms with E-state index < -0.39 is 10.8 Å². The van der Waals surface area contributed by atoms with Crippen LogP contribution in [-0.2, 0) is 5.75 Å². The maximum Gasteiger partial charge on any atom is 0.293 e. The van der Waals surface area contributed by atoms with Crippen molar-refractivity contribution in [3.8, 4) is 17.3 Å². The number of carbonyl (C=O) groups is 1. The van der Waals surface area contributed by atoms with Crippen molar-refractivity contribution in [2.75, 3.05) is 12.5 Å². The fourth-order valence-corrected chi connectivity index (χ4v) is 5.64. The first-order valence-corrected chi connectivity index (χ1v) is 12.7. The molecule has 3 aromatic heterocycles. The Morgan fingerprint density at radius 1 is 1.28 bits per heavy atom. The molecule has 3 N–H and O–H groups in total. The van der Waals surface area contributed by atoms with Crippen molar-refractivity contribution >= 4 is 56.9 Å². The molecule has 1 aliphatic heterocycles. The van der Waals surface area contributed by atoms with E-state index in [1.807, 2.05) is 24.3 Å². The minimum atomic E-state index is -0.726. The highest BCUT2D eigenvalue weighted by Gasteiger charge is 2.25. The van der Waals surface area contributed by atoms with Crippen molar-refractivity contribution < 1.29 is 23.8 Å². The zero-order chi connectivity index (χ0) is 26.9. The molecule has 0 spiro atoms. The van der Waals surface area contributed by atoms with Crippen LogP contribution in [0.3, 0.4) is 0 Å². The second kappa shape index (κ2) is 9.99. The molecule has 2 aromatic carbocycles. The summed E-state index contributed by atoms with van der Waals surface area (Å²) in [5.74, 6) is 0.0582. The molecule has 0 saturated heterocycles. The number of rotatable bonds is 8. The van der Waals surface area contributed by atoms with Crippen LogP contribution in [0.5, 0.6) is 11.5 Å². The van der Waals surface area contributed by atoms with Crippen molar-refractivity contribution in [3.05, 3.63) is 63.5 Å². The van der Waals surface area contributed by atoms with E-state index in [0.717, 1.165) is 20.8 Å². The number of hydrogen-bond acceptors (Lipinski definition) is 15. The van der Waals surface area contributed by atoms with Crippen LogP contribution in [0.25, 0.3) is 16.0 Å². The van der Waals surface area contributed by atoms with Gasteiger partial charge in [0.25, 0.3) is 11.6 Å². The lowest BCUT2D eigenvalue weighted by atomic mass is 10.1. The first kappa shape index (κ1) is 24.2. The van der Waals surface area contributed by atoms with E-state index in [4.69, 9.17) is 15.2 Å². The summed E-state index contributed by atoms with van der Waals surface area (Å²) in [5.41, 5.74) is 9.08. The highest BCUT2D eigenvalue weighted by molar-refractivity contribution is 8.00. The number of fused-ring (bicyclic) bond motifs is 2. The minimum absolute atomic E-state index is 0.0498. The van der Waals surface area contributed by atoms with Crippen molar-refractivity contribution in [1.82, 2.24) is 35.7 Å². The smallest absolute Gasteiger partial charge is 0.293 e. The largest absolute Gasteiger partial charge is 0.454 e. The summed E-state index contributed by atoms with van der Waals surface area (Å²) in [6.07, 6.45) is 1.12. The zero-order valence-corrected chi connectivity index (χ0v) is 21.0. The molecule has 6 rings (SSSR count). The maximum absolute atomic E-state index is 13.0. The predicted octanol–water partition coefficient (Wildman–Crippen LogP) is 2.54. The molecule has 16 nitrogen and oxygen atoms in total. The van der Waals surface area contributed by atoms with Crippen LogP contribution in [0.15, 0.2) is 50.5 Å². The number of anilines is 1. The summed E-state index contributed by atoms with van der Waals surface area (Å²) in [6.45, 7) is -0.0527. The monoisotopic (exact) mass is 566 g/mol. The Hall–Kier alpha value is -5.10. The van der Waals surface area contributed by atoms with Gasteiger partial charge < -0.3 is 15.2 Å². The van der Waals surface area contributed by atoms with Crippen molar-refractivity contribution in [3.63, 3.8) is 0 Å². The average molecular weight is 567 g/mol. The van der Waals surface area contributed by atoms with E-state index in [9.17, 15) is 14.9 Å². The number of benzene rings is 2. The molecular formula is C21H14N10O6S2. The molecule has 0 fully saturated rings. The number of nitro benzene ring substituents is 1. The van der Waals surface area contributed by atoms with Gasteiger partial charge in [-0.2, -0.15) is 9.78 Å². The second-order valence-corrected chi connectivity index (χ2v) is 9.98. The lowest BCUT2D eigenvalue weighted by molar-refractivity contribution is -0.385. The highest BCUT2D eigenvalue weighted by Crippen LogP contribution is 2.37. The van der Waals surface area contributed by atoms with Gasteiger partial charge in [0.15, 0.2) is 21.5 Å². The number of thiazole rings is 1. The van der Waals surface area contributed by atoms with E-state index in [0.29, 0.717) is 11.4 Å². The number of hydrazone groups is 1. The Morgan fingerprint density at radius 3 is 2.87 bits per heavy atom. The lowest BCUT2D eigenvalue weighted by Gasteiger charge is -2.04. The molecule has 0 unspecified atom stereocenters. The van der Waals surface area contributed by atoms with E-state index in [-0.39, 0.29) is 46.9 Å². The Kier molecular flexibility index (Phi) is 6.21. The maximum atomic E-state index is 13.0. The number of para-hydroxylation sites is 1. The van der Waals surface area contributed by atoms with Gasteiger partial charge in [0.1, 0.15) is 0 Å². The molecule has 39 heavy (non-hydrogen) atoms. The fourth-order valence-electron chi connectivity index (χ4n) is 3.58. The fraction of sp³-hybridized carbons (Fsp3) is 0.0952. The van der Waals surface area contributed by atoms with Crippen molar-refractivity contribution in [2.24, 2.45) is 5.10 Å². The molecule has 0 bridgehead atoms. The van der Waals surface area contributed by atoms with Gasteiger partial charge in [-0.3, -0.25) is 14.9 Å². The number of amides is 1. The topological polar surface area (TPSA) is 212 Å². The van der Waals surface area contributed by atoms with Crippen LogP contribution in [0.4, 0.5) is 11.5 Å². The number of hydrogen-bond donors (Lipinski definition) is 2. The molecule has 0 saturated carbocycles. The van der Waals surface area contributed by atoms with Gasteiger partial charge in [-0.1, -0.05) is 29.1 Å². The Bertz CT molecular complexity index is 1730. The predicted molar refractivity (Wildman–Crippen MR) is 137 cm³/mol. The second-order valence-electron chi connectivity index (χ2n) is 7.73. The first-order valence-electron chi connectivity index (χ1n) is 10.9. The van der Waals surface area contributed by atoms with Crippen LogP contribution < -0.4 is 20.6 Å². The number of thioether (sulfide) groups is 1. The lowest BCUT2D eigenvalue weighted by Crippen LogP contribution is -2.20. The summed E-state index contributed by atoms with van der Waals surface area (Å²) in [5, 5.41) is 30.6. The molecule has 1 aliphatic rings. The van der Waals surface area contributed by atoms with Gasteiger partial charge in [0.2, 0.25) is 18.4 Å². The van der Waals surface area contributed by atoms with E-state index in [1.54, 1.807) is 0 Å². The van der Waals surface area contributed by atoms with Crippen molar-refractivity contribution in [1.29, 1.82) is 0 Å². The summed E-state index contributed by atoms with van der Waals surface area (Å²) < 4.78 is 18.1. The number of nitrogens with one attached hydrogen (secondary N) is 1. The van der Waals surface area contributed by atoms with Crippen LogP contribution >= 0.6 is 23.1 Å². The quantitative estimate of drug-likeness (QED) is 0.120. The molecule has 5 aromatic rings. The Morgan fingerprint density at radius 2 is 2.10 bits per heavy atom. The Balaban J connectivity index is 1.26. The molecule has 0 radical (unpaired) electrons. The third-order valence-corrected chi connectivity index (χ3v) is 7.56. The summed E-state index contributed by atoms with van der Waals surface area (Å²) >= 11 is 2.85. The Labute approximate surface area is 224 Å². The molecule has 4 heterocycles. The number of ether oxygens (including phenoxy) is 2. The van der Waals surface area contributed by atoms with Gasteiger partial charge in [0.05, 0.1) is 38.7 Å². The van der Waals surface area contributed by atoms with Gasteiger partial charge in [-0.05, 0) is 28.5 Å². The number of nitro groups is 1.